The van der Waals surface area contributed by atoms with Crippen molar-refractivity contribution in [3.8, 4) is 17.2 Å². The standard InChI is InChI=1S/C26H22N2O5/c1-2-14-31-20-11-7-6-10-19(20)28-25(29)23(17-8-4-3-5-9-17)24(26(28)30)27-18-12-13-21-22(15-18)33-16-32-21/h3-13,15,27H,2,14,16H2,1H3. The van der Waals surface area contributed by atoms with Gasteiger partial charge in [0.1, 0.15) is 11.4 Å². The number of carbonyl (C=O) groups excluding carboxylic acids is 2. The van der Waals surface area contributed by atoms with Crippen LogP contribution in [0.15, 0.2) is 78.5 Å². The maximum absolute atomic E-state index is 13.6. The number of amides is 2. The summed E-state index contributed by atoms with van der Waals surface area (Å²) in [5.41, 5.74) is 2.16. The van der Waals surface area contributed by atoms with Crippen LogP contribution in [0, 0.1) is 0 Å². The van der Waals surface area contributed by atoms with Gasteiger partial charge in [0, 0.05) is 11.8 Å². The monoisotopic (exact) mass is 442 g/mol. The molecule has 0 bridgehead atoms. The Hall–Kier alpha value is -4.26. The highest BCUT2D eigenvalue weighted by Gasteiger charge is 2.41. The molecule has 2 aliphatic rings. The highest BCUT2D eigenvalue weighted by Crippen LogP contribution is 2.39. The molecule has 0 saturated heterocycles. The van der Waals surface area contributed by atoms with Crippen molar-refractivity contribution < 1.29 is 23.8 Å². The van der Waals surface area contributed by atoms with Crippen LogP contribution in [-0.2, 0) is 9.59 Å². The average Bonchev–Trinajstić information content (AvgIpc) is 3.40. The van der Waals surface area contributed by atoms with Crippen molar-refractivity contribution in [1.29, 1.82) is 0 Å². The first-order valence-corrected chi connectivity index (χ1v) is 10.7. The number of fused-ring (bicyclic) bond motifs is 1. The summed E-state index contributed by atoms with van der Waals surface area (Å²) in [5.74, 6) is 0.827. The van der Waals surface area contributed by atoms with E-state index in [4.69, 9.17) is 14.2 Å². The highest BCUT2D eigenvalue weighted by atomic mass is 16.7. The summed E-state index contributed by atoms with van der Waals surface area (Å²) < 4.78 is 16.6. The molecule has 0 saturated carbocycles. The molecule has 2 aliphatic heterocycles. The summed E-state index contributed by atoms with van der Waals surface area (Å²) in [4.78, 5) is 28.4. The Balaban J connectivity index is 1.57. The summed E-state index contributed by atoms with van der Waals surface area (Å²) in [7, 11) is 0. The summed E-state index contributed by atoms with van der Waals surface area (Å²) in [6.07, 6.45) is 0.806. The number of nitrogens with one attached hydrogen (secondary N) is 1. The predicted octanol–water partition coefficient (Wildman–Crippen LogP) is 4.60. The second-order valence-electron chi connectivity index (χ2n) is 7.57. The number of ether oxygens (including phenoxy) is 3. The predicted molar refractivity (Wildman–Crippen MR) is 124 cm³/mol. The van der Waals surface area contributed by atoms with Gasteiger partial charge in [-0.1, -0.05) is 49.4 Å². The van der Waals surface area contributed by atoms with Crippen molar-refractivity contribution in [1.82, 2.24) is 0 Å². The van der Waals surface area contributed by atoms with Gasteiger partial charge in [-0.25, -0.2) is 4.90 Å². The molecule has 0 aliphatic carbocycles. The molecule has 5 rings (SSSR count). The minimum absolute atomic E-state index is 0.149. The Morgan fingerprint density at radius 1 is 0.909 bits per heavy atom. The average molecular weight is 442 g/mol. The lowest BCUT2D eigenvalue weighted by molar-refractivity contribution is -0.120. The van der Waals surface area contributed by atoms with Crippen molar-refractivity contribution in [2.24, 2.45) is 0 Å². The van der Waals surface area contributed by atoms with Crippen molar-refractivity contribution in [2.75, 3.05) is 23.6 Å². The van der Waals surface area contributed by atoms with Crippen LogP contribution >= 0.6 is 0 Å². The van der Waals surface area contributed by atoms with Crippen molar-refractivity contribution in [3.05, 3.63) is 84.1 Å². The first-order chi connectivity index (χ1) is 16.2. The van der Waals surface area contributed by atoms with Gasteiger partial charge < -0.3 is 19.5 Å². The molecule has 0 fully saturated rings. The first kappa shape index (κ1) is 20.6. The van der Waals surface area contributed by atoms with E-state index in [1.807, 2.05) is 43.3 Å². The number of hydrogen-bond acceptors (Lipinski definition) is 6. The normalized spacial score (nSPS) is 14.8. The van der Waals surface area contributed by atoms with Gasteiger partial charge in [0.15, 0.2) is 11.5 Å². The minimum Gasteiger partial charge on any atom is -0.491 e. The zero-order valence-corrected chi connectivity index (χ0v) is 18.0. The van der Waals surface area contributed by atoms with Crippen LogP contribution in [0.1, 0.15) is 18.9 Å². The number of hydrogen-bond donors (Lipinski definition) is 1. The third-order valence-corrected chi connectivity index (χ3v) is 5.36. The van der Waals surface area contributed by atoms with E-state index in [1.54, 1.807) is 36.4 Å². The number of anilines is 2. The summed E-state index contributed by atoms with van der Waals surface area (Å²) in [5, 5.41) is 3.15. The molecule has 7 nitrogen and oxygen atoms in total. The molecule has 0 unspecified atom stereocenters. The second kappa shape index (κ2) is 8.70. The lowest BCUT2D eigenvalue weighted by atomic mass is 10.0. The molecule has 0 spiro atoms. The molecule has 0 aromatic heterocycles. The van der Waals surface area contributed by atoms with Gasteiger partial charge in [-0.2, -0.15) is 0 Å². The highest BCUT2D eigenvalue weighted by molar-refractivity contribution is 6.46. The van der Waals surface area contributed by atoms with Crippen molar-refractivity contribution in [2.45, 2.75) is 13.3 Å². The zero-order chi connectivity index (χ0) is 22.8. The topological polar surface area (TPSA) is 77.1 Å². The van der Waals surface area contributed by atoms with Gasteiger partial charge in [-0.05, 0) is 36.2 Å². The molecule has 33 heavy (non-hydrogen) atoms. The summed E-state index contributed by atoms with van der Waals surface area (Å²) in [6.45, 7) is 2.63. The maximum Gasteiger partial charge on any atom is 0.282 e. The van der Waals surface area contributed by atoms with Gasteiger partial charge in [-0.15, -0.1) is 0 Å². The van der Waals surface area contributed by atoms with Gasteiger partial charge in [-0.3, -0.25) is 9.59 Å². The van der Waals surface area contributed by atoms with Crippen LogP contribution in [-0.4, -0.2) is 25.2 Å². The van der Waals surface area contributed by atoms with Crippen molar-refractivity contribution >= 4 is 28.8 Å². The van der Waals surface area contributed by atoms with Crippen LogP contribution < -0.4 is 24.4 Å². The molecule has 7 heteroatoms. The number of para-hydroxylation sites is 2. The SMILES string of the molecule is CCCOc1ccccc1N1C(=O)C(Nc2ccc3c(c2)OCO3)=C(c2ccccc2)C1=O. The van der Waals surface area contributed by atoms with E-state index >= 15 is 0 Å². The fourth-order valence-corrected chi connectivity index (χ4v) is 3.83. The van der Waals surface area contributed by atoms with Gasteiger partial charge in [0.05, 0.1) is 17.9 Å². The number of rotatable bonds is 7. The Kier molecular flexibility index (Phi) is 5.44. The number of nitrogens with zero attached hydrogens (tertiary/aromatic N) is 1. The van der Waals surface area contributed by atoms with E-state index in [0.717, 1.165) is 6.42 Å². The molecule has 2 heterocycles. The molecule has 0 atom stereocenters. The smallest absolute Gasteiger partial charge is 0.282 e. The maximum atomic E-state index is 13.6. The fraction of sp³-hybridized carbons (Fsp3) is 0.154. The molecule has 2 amide bonds. The van der Waals surface area contributed by atoms with E-state index < -0.39 is 11.8 Å². The van der Waals surface area contributed by atoms with E-state index in [2.05, 4.69) is 5.32 Å². The summed E-state index contributed by atoms with van der Waals surface area (Å²) >= 11 is 0. The largest absolute Gasteiger partial charge is 0.491 e. The lowest BCUT2D eigenvalue weighted by Gasteiger charge is -2.19. The lowest BCUT2D eigenvalue weighted by Crippen LogP contribution is -2.32. The van der Waals surface area contributed by atoms with E-state index in [1.165, 1.54) is 4.90 Å². The minimum atomic E-state index is -0.455. The Morgan fingerprint density at radius 2 is 1.67 bits per heavy atom. The molecule has 3 aromatic carbocycles. The number of carbonyl (C=O) groups is 2. The molecule has 3 aromatic rings. The van der Waals surface area contributed by atoms with Gasteiger partial charge in [0.2, 0.25) is 6.79 Å². The molecule has 0 radical (unpaired) electrons. The quantitative estimate of drug-likeness (QED) is 0.539. The third-order valence-electron chi connectivity index (χ3n) is 5.36. The fourth-order valence-electron chi connectivity index (χ4n) is 3.83. The van der Waals surface area contributed by atoms with Gasteiger partial charge in [0.25, 0.3) is 11.8 Å². The molecule has 166 valence electrons. The van der Waals surface area contributed by atoms with Crippen molar-refractivity contribution in [3.63, 3.8) is 0 Å². The van der Waals surface area contributed by atoms with Crippen LogP contribution in [0.2, 0.25) is 0 Å². The number of benzene rings is 3. The molecule has 1 N–H and O–H groups in total. The summed E-state index contributed by atoms with van der Waals surface area (Å²) in [6, 6.07) is 21.5. The molecular weight excluding hydrogens is 420 g/mol. The van der Waals surface area contributed by atoms with Crippen LogP contribution in [0.5, 0.6) is 17.2 Å². The van der Waals surface area contributed by atoms with Gasteiger partial charge >= 0.3 is 0 Å². The number of imide groups is 1. The first-order valence-electron chi connectivity index (χ1n) is 10.7. The van der Waals surface area contributed by atoms with E-state index in [9.17, 15) is 9.59 Å². The van der Waals surface area contributed by atoms with Crippen LogP contribution in [0.3, 0.4) is 0 Å². The molecular formula is C26H22N2O5. The Morgan fingerprint density at radius 3 is 2.48 bits per heavy atom. The Bertz CT molecular complexity index is 1250. The van der Waals surface area contributed by atoms with Crippen LogP contribution in [0.25, 0.3) is 5.57 Å². The third kappa shape index (κ3) is 3.78. The zero-order valence-electron chi connectivity index (χ0n) is 18.0. The van der Waals surface area contributed by atoms with E-state index in [-0.39, 0.29) is 12.5 Å². The second-order valence-corrected chi connectivity index (χ2v) is 7.57. The Labute approximate surface area is 191 Å². The van der Waals surface area contributed by atoms with Crippen LogP contribution in [0.4, 0.5) is 11.4 Å². The van der Waals surface area contributed by atoms with E-state index in [0.29, 0.717) is 46.4 Å².